The summed E-state index contributed by atoms with van der Waals surface area (Å²) in [6.07, 6.45) is 5.45. The van der Waals surface area contributed by atoms with E-state index < -0.39 is 5.91 Å². The lowest BCUT2D eigenvalue weighted by Crippen LogP contribution is -2.30. The zero-order valence-corrected chi connectivity index (χ0v) is 9.51. The molecule has 1 heterocycles. The number of aromatic nitrogens is 1. The highest BCUT2D eigenvalue weighted by molar-refractivity contribution is 7.17. The fourth-order valence-corrected chi connectivity index (χ4v) is 2.47. The smallest absolute Gasteiger partial charge is 0.260 e. The molecule has 3 N–H and O–H groups in total. The minimum atomic E-state index is -0.406. The van der Waals surface area contributed by atoms with Crippen LogP contribution in [0.5, 0.6) is 0 Å². The predicted molar refractivity (Wildman–Crippen MR) is 61.1 cm³/mol. The summed E-state index contributed by atoms with van der Waals surface area (Å²) in [6.45, 7) is 2.16. The highest BCUT2D eigenvalue weighted by Gasteiger charge is 2.24. The number of hydrogen-bond donors (Lipinski definition) is 2. The van der Waals surface area contributed by atoms with Crippen LogP contribution in [0.15, 0.2) is 6.20 Å². The highest BCUT2D eigenvalue weighted by atomic mass is 32.1. The van der Waals surface area contributed by atoms with E-state index in [0.29, 0.717) is 10.9 Å². The third-order valence-corrected chi connectivity index (χ3v) is 3.90. The Morgan fingerprint density at radius 3 is 2.93 bits per heavy atom. The second kappa shape index (κ2) is 4.18. The summed E-state index contributed by atoms with van der Waals surface area (Å²) in [4.78, 5) is 15.5. The maximum absolute atomic E-state index is 10.9. The van der Waals surface area contributed by atoms with Crippen molar-refractivity contribution in [2.45, 2.75) is 32.2 Å². The minimum Gasteiger partial charge on any atom is -0.365 e. The van der Waals surface area contributed by atoms with Crippen molar-refractivity contribution in [3.63, 3.8) is 0 Å². The fourth-order valence-electron chi connectivity index (χ4n) is 1.71. The van der Waals surface area contributed by atoms with E-state index in [2.05, 4.69) is 17.2 Å². The number of nitrogens with two attached hydrogens (primary N) is 1. The van der Waals surface area contributed by atoms with Crippen LogP contribution < -0.4 is 11.1 Å². The van der Waals surface area contributed by atoms with E-state index in [1.54, 1.807) is 0 Å². The SMILES string of the molecule is CC(Nc1ncc(C(N)=O)s1)C1CCC1. The second-order valence-corrected chi connectivity index (χ2v) is 5.05. The van der Waals surface area contributed by atoms with Crippen LogP contribution in [0, 0.1) is 5.92 Å². The van der Waals surface area contributed by atoms with Crippen molar-refractivity contribution in [3.8, 4) is 0 Å². The molecule has 1 aromatic heterocycles. The molecule has 0 radical (unpaired) electrons. The molecule has 1 unspecified atom stereocenters. The summed E-state index contributed by atoms with van der Waals surface area (Å²) < 4.78 is 0. The van der Waals surface area contributed by atoms with Gasteiger partial charge >= 0.3 is 0 Å². The standard InChI is InChI=1S/C10H15N3OS/c1-6(7-3-2-4-7)13-10-12-5-8(15-10)9(11)14/h5-7H,2-4H2,1H3,(H2,11,14)(H,12,13). The first-order chi connectivity index (χ1) is 7.16. The van der Waals surface area contributed by atoms with Gasteiger partial charge in [0.25, 0.3) is 5.91 Å². The van der Waals surface area contributed by atoms with Gasteiger partial charge < -0.3 is 11.1 Å². The number of anilines is 1. The Labute approximate surface area is 92.9 Å². The first kappa shape index (κ1) is 10.4. The van der Waals surface area contributed by atoms with Gasteiger partial charge in [0, 0.05) is 6.04 Å². The average molecular weight is 225 g/mol. The molecule has 82 valence electrons. The molecule has 0 spiro atoms. The zero-order valence-electron chi connectivity index (χ0n) is 8.69. The van der Waals surface area contributed by atoms with Crippen LogP contribution in [0.3, 0.4) is 0 Å². The zero-order chi connectivity index (χ0) is 10.8. The van der Waals surface area contributed by atoms with Gasteiger partial charge in [-0.25, -0.2) is 4.98 Å². The Morgan fingerprint density at radius 1 is 1.73 bits per heavy atom. The summed E-state index contributed by atoms with van der Waals surface area (Å²) in [5, 5.41) is 4.11. The molecule has 2 rings (SSSR count). The van der Waals surface area contributed by atoms with Crippen LogP contribution in [0.1, 0.15) is 35.9 Å². The van der Waals surface area contributed by atoms with Gasteiger partial charge in [-0.05, 0) is 25.7 Å². The van der Waals surface area contributed by atoms with Crippen molar-refractivity contribution < 1.29 is 4.79 Å². The maximum Gasteiger partial charge on any atom is 0.260 e. The molecular weight excluding hydrogens is 210 g/mol. The Balaban J connectivity index is 1.94. The Hall–Kier alpha value is -1.10. The van der Waals surface area contributed by atoms with Crippen LogP contribution in [-0.2, 0) is 0 Å². The molecule has 0 aliphatic heterocycles. The summed E-state index contributed by atoms with van der Waals surface area (Å²) >= 11 is 1.32. The first-order valence-corrected chi connectivity index (χ1v) is 6.00. The molecule has 0 aromatic carbocycles. The lowest BCUT2D eigenvalue weighted by Gasteiger charge is -2.31. The van der Waals surface area contributed by atoms with Crippen LogP contribution in [0.4, 0.5) is 5.13 Å². The number of carbonyl (C=O) groups is 1. The molecule has 1 aromatic rings. The van der Waals surface area contributed by atoms with E-state index in [1.807, 2.05) is 0 Å². The van der Waals surface area contributed by atoms with E-state index in [9.17, 15) is 4.79 Å². The molecule has 1 aliphatic carbocycles. The van der Waals surface area contributed by atoms with Gasteiger partial charge in [-0.3, -0.25) is 4.79 Å². The van der Waals surface area contributed by atoms with E-state index >= 15 is 0 Å². The summed E-state index contributed by atoms with van der Waals surface area (Å²) in [6, 6.07) is 0.436. The maximum atomic E-state index is 10.9. The van der Waals surface area contributed by atoms with Crippen molar-refractivity contribution in [1.82, 2.24) is 4.98 Å². The van der Waals surface area contributed by atoms with E-state index in [4.69, 9.17) is 5.73 Å². The number of nitrogens with zero attached hydrogens (tertiary/aromatic N) is 1. The number of amides is 1. The number of primary amides is 1. The summed E-state index contributed by atoms with van der Waals surface area (Å²) in [5.74, 6) is 0.350. The molecule has 1 atom stereocenters. The molecular formula is C10H15N3OS. The van der Waals surface area contributed by atoms with Crippen LogP contribution >= 0.6 is 11.3 Å². The van der Waals surface area contributed by atoms with Gasteiger partial charge in [0.15, 0.2) is 5.13 Å². The van der Waals surface area contributed by atoms with Gasteiger partial charge in [-0.1, -0.05) is 17.8 Å². The molecule has 1 amide bonds. The molecule has 0 saturated heterocycles. The normalized spacial score (nSPS) is 18.2. The van der Waals surface area contributed by atoms with Crippen LogP contribution in [0.2, 0.25) is 0 Å². The van der Waals surface area contributed by atoms with Crippen LogP contribution in [0.25, 0.3) is 0 Å². The molecule has 0 bridgehead atoms. The van der Waals surface area contributed by atoms with Crippen molar-refractivity contribution in [2.24, 2.45) is 11.7 Å². The van der Waals surface area contributed by atoms with E-state index in [1.165, 1.54) is 36.8 Å². The monoisotopic (exact) mass is 225 g/mol. The topological polar surface area (TPSA) is 68.0 Å². The van der Waals surface area contributed by atoms with E-state index in [0.717, 1.165) is 11.0 Å². The number of hydrogen-bond acceptors (Lipinski definition) is 4. The summed E-state index contributed by atoms with van der Waals surface area (Å²) in [5.41, 5.74) is 5.16. The predicted octanol–water partition coefficient (Wildman–Crippen LogP) is 1.84. The highest BCUT2D eigenvalue weighted by Crippen LogP contribution is 2.31. The number of nitrogens with one attached hydrogen (secondary N) is 1. The molecule has 4 nitrogen and oxygen atoms in total. The molecule has 1 saturated carbocycles. The number of thiazole rings is 1. The Morgan fingerprint density at radius 2 is 2.47 bits per heavy atom. The van der Waals surface area contributed by atoms with Crippen molar-refractivity contribution >= 4 is 22.4 Å². The first-order valence-electron chi connectivity index (χ1n) is 5.19. The Bertz CT molecular complexity index is 359. The molecule has 1 fully saturated rings. The lowest BCUT2D eigenvalue weighted by atomic mass is 9.80. The van der Waals surface area contributed by atoms with Crippen molar-refractivity contribution in [2.75, 3.05) is 5.32 Å². The number of rotatable bonds is 4. The summed E-state index contributed by atoms with van der Waals surface area (Å²) in [7, 11) is 0. The van der Waals surface area contributed by atoms with Crippen molar-refractivity contribution in [1.29, 1.82) is 0 Å². The third-order valence-electron chi connectivity index (χ3n) is 2.96. The van der Waals surface area contributed by atoms with Gasteiger partial charge in [0.05, 0.1) is 6.20 Å². The lowest BCUT2D eigenvalue weighted by molar-refractivity contribution is 0.100. The van der Waals surface area contributed by atoms with Gasteiger partial charge in [0.1, 0.15) is 4.88 Å². The van der Waals surface area contributed by atoms with Gasteiger partial charge in [-0.15, -0.1) is 0 Å². The molecule has 5 heteroatoms. The fraction of sp³-hybridized carbons (Fsp3) is 0.600. The average Bonchev–Trinajstić information content (AvgIpc) is 2.48. The van der Waals surface area contributed by atoms with Crippen molar-refractivity contribution in [3.05, 3.63) is 11.1 Å². The Kier molecular flexibility index (Phi) is 2.90. The quantitative estimate of drug-likeness (QED) is 0.821. The second-order valence-electron chi connectivity index (χ2n) is 4.02. The number of carbonyl (C=O) groups excluding carboxylic acids is 1. The molecule has 15 heavy (non-hydrogen) atoms. The largest absolute Gasteiger partial charge is 0.365 e. The van der Waals surface area contributed by atoms with Gasteiger partial charge in [0.2, 0.25) is 0 Å². The molecule has 1 aliphatic rings. The van der Waals surface area contributed by atoms with Crippen LogP contribution in [-0.4, -0.2) is 16.9 Å². The van der Waals surface area contributed by atoms with Gasteiger partial charge in [-0.2, -0.15) is 0 Å². The van der Waals surface area contributed by atoms with E-state index in [-0.39, 0.29) is 0 Å². The third kappa shape index (κ3) is 2.28. The minimum absolute atomic E-state index is 0.406.